The summed E-state index contributed by atoms with van der Waals surface area (Å²) in [6.45, 7) is 6.15. The van der Waals surface area contributed by atoms with Gasteiger partial charge in [-0.2, -0.15) is 0 Å². The Kier molecular flexibility index (Phi) is 6.58. The largest absolute Gasteiger partial charge is 0.444 e. The molecule has 0 saturated heterocycles. The minimum atomic E-state index is -0.577. The van der Waals surface area contributed by atoms with Crippen LogP contribution in [-0.4, -0.2) is 53.0 Å². The normalized spacial score (nSPS) is 17.5. The number of carbonyl (C=O) groups excluding carboxylic acids is 2. The van der Waals surface area contributed by atoms with Crippen LogP contribution in [0.3, 0.4) is 0 Å². The van der Waals surface area contributed by atoms with Crippen molar-refractivity contribution in [1.82, 2.24) is 15.1 Å². The molecule has 2 amide bonds. The van der Waals surface area contributed by atoms with Gasteiger partial charge in [0.2, 0.25) is 0 Å². The van der Waals surface area contributed by atoms with Crippen molar-refractivity contribution in [2.24, 2.45) is 0 Å². The van der Waals surface area contributed by atoms with Crippen LogP contribution in [0.4, 0.5) is 4.79 Å². The number of ether oxygens (including phenoxy) is 1. The Morgan fingerprint density at radius 2 is 2.08 bits per heavy atom. The van der Waals surface area contributed by atoms with Crippen LogP contribution >= 0.6 is 12.2 Å². The standard InChI is InChI=1S/C19H27N3O3S/c1-19(2,3)25-18(24)22-11-10-16(20-13-26)15(12-22)17(23)21(4)14-8-6-5-7-9-14/h6,8-9,13H,5,7,10-12H2,1-4H3,(H,20,26). The summed E-state index contributed by atoms with van der Waals surface area (Å²) in [5.41, 5.74) is 2.98. The van der Waals surface area contributed by atoms with Gasteiger partial charge in [0, 0.05) is 31.4 Å². The van der Waals surface area contributed by atoms with Crippen molar-refractivity contribution in [2.45, 2.75) is 45.6 Å². The van der Waals surface area contributed by atoms with E-state index in [1.807, 2.05) is 32.9 Å². The molecule has 6 nitrogen and oxygen atoms in total. The third-order valence-corrected chi connectivity index (χ3v) is 4.27. The molecule has 0 unspecified atom stereocenters. The molecular formula is C19H27N3O3S. The predicted molar refractivity (Wildman–Crippen MR) is 105 cm³/mol. The summed E-state index contributed by atoms with van der Waals surface area (Å²) < 4.78 is 5.45. The highest BCUT2D eigenvalue weighted by atomic mass is 32.1. The second-order valence-electron chi connectivity index (χ2n) is 7.34. The van der Waals surface area contributed by atoms with Gasteiger partial charge in [0.25, 0.3) is 5.91 Å². The molecule has 1 heterocycles. The van der Waals surface area contributed by atoms with E-state index in [-0.39, 0.29) is 12.5 Å². The lowest BCUT2D eigenvalue weighted by atomic mass is 10.0. The van der Waals surface area contributed by atoms with Gasteiger partial charge >= 0.3 is 6.09 Å². The molecule has 0 bridgehead atoms. The molecule has 26 heavy (non-hydrogen) atoms. The first-order valence-electron chi connectivity index (χ1n) is 8.78. The van der Waals surface area contributed by atoms with Gasteiger partial charge < -0.3 is 19.9 Å². The van der Waals surface area contributed by atoms with Crippen LogP contribution in [0.2, 0.25) is 0 Å². The fraction of sp³-hybridized carbons (Fsp3) is 0.526. The Labute approximate surface area is 160 Å². The van der Waals surface area contributed by atoms with Crippen LogP contribution < -0.4 is 5.32 Å². The van der Waals surface area contributed by atoms with Crippen molar-refractivity contribution in [3.05, 3.63) is 35.2 Å². The molecular weight excluding hydrogens is 350 g/mol. The molecule has 1 aliphatic carbocycles. The fourth-order valence-electron chi connectivity index (χ4n) is 2.84. The summed E-state index contributed by atoms with van der Waals surface area (Å²) in [6, 6.07) is 0. The maximum atomic E-state index is 13.1. The molecule has 2 rings (SSSR count). The van der Waals surface area contributed by atoms with Gasteiger partial charge in [0.05, 0.1) is 17.6 Å². The summed E-state index contributed by atoms with van der Waals surface area (Å²) in [7, 11) is 1.75. The molecule has 2 aliphatic rings. The molecule has 0 fully saturated rings. The van der Waals surface area contributed by atoms with Gasteiger partial charge in [0.1, 0.15) is 5.60 Å². The highest BCUT2D eigenvalue weighted by Gasteiger charge is 2.31. The maximum absolute atomic E-state index is 13.1. The molecule has 0 spiro atoms. The van der Waals surface area contributed by atoms with Gasteiger partial charge in [-0.05, 0) is 39.7 Å². The Morgan fingerprint density at radius 3 is 2.65 bits per heavy atom. The minimum absolute atomic E-state index is 0.143. The maximum Gasteiger partial charge on any atom is 0.410 e. The highest BCUT2D eigenvalue weighted by Crippen LogP contribution is 2.22. The van der Waals surface area contributed by atoms with Crippen LogP contribution in [0.5, 0.6) is 0 Å². The monoisotopic (exact) mass is 377 g/mol. The van der Waals surface area contributed by atoms with Crippen LogP contribution in [-0.2, 0) is 9.53 Å². The smallest absolute Gasteiger partial charge is 0.410 e. The number of likely N-dealkylation sites (N-methyl/N-ethyl adjacent to an activating group) is 1. The first kappa shape index (κ1) is 20.2. The van der Waals surface area contributed by atoms with Crippen molar-refractivity contribution in [1.29, 1.82) is 0 Å². The Morgan fingerprint density at radius 1 is 1.35 bits per heavy atom. The van der Waals surface area contributed by atoms with E-state index < -0.39 is 11.7 Å². The van der Waals surface area contributed by atoms with Crippen LogP contribution in [0.25, 0.3) is 0 Å². The third kappa shape index (κ3) is 5.17. The Hall–Kier alpha value is -2.15. The Balaban J connectivity index is 2.21. The van der Waals surface area contributed by atoms with Gasteiger partial charge in [0.15, 0.2) is 0 Å². The quantitative estimate of drug-likeness (QED) is 0.763. The van der Waals surface area contributed by atoms with Crippen molar-refractivity contribution in [2.75, 3.05) is 20.1 Å². The number of rotatable bonds is 4. The van der Waals surface area contributed by atoms with Crippen LogP contribution in [0.1, 0.15) is 40.0 Å². The topological polar surface area (TPSA) is 61.9 Å². The molecule has 0 atom stereocenters. The van der Waals surface area contributed by atoms with Gasteiger partial charge in [-0.3, -0.25) is 4.79 Å². The molecule has 0 aromatic carbocycles. The van der Waals surface area contributed by atoms with E-state index in [1.165, 1.54) is 5.49 Å². The second kappa shape index (κ2) is 8.49. The summed E-state index contributed by atoms with van der Waals surface area (Å²) in [5.74, 6) is -0.143. The first-order chi connectivity index (χ1) is 12.2. The number of allylic oxidation sites excluding steroid dienone is 3. The van der Waals surface area contributed by atoms with E-state index in [0.717, 1.165) is 24.2 Å². The number of carbonyl (C=O) groups is 2. The molecule has 0 aromatic rings. The molecule has 1 aliphatic heterocycles. The first-order valence-corrected chi connectivity index (χ1v) is 9.25. The molecule has 0 saturated carbocycles. The summed E-state index contributed by atoms with van der Waals surface area (Å²) >= 11 is 4.89. The number of nitrogens with zero attached hydrogens (tertiary/aromatic N) is 2. The summed E-state index contributed by atoms with van der Waals surface area (Å²) in [4.78, 5) is 28.6. The number of thiocarbonyl (C=S) groups is 1. The fourth-order valence-corrected chi connectivity index (χ4v) is 2.98. The number of nitrogens with one attached hydrogen (secondary N) is 1. The van der Waals surface area contributed by atoms with E-state index in [2.05, 4.69) is 11.4 Å². The van der Waals surface area contributed by atoms with Crippen LogP contribution in [0, 0.1) is 0 Å². The molecule has 0 radical (unpaired) electrons. The second-order valence-corrected chi connectivity index (χ2v) is 7.58. The van der Waals surface area contributed by atoms with E-state index in [4.69, 9.17) is 17.0 Å². The zero-order valence-electron chi connectivity index (χ0n) is 15.9. The Bertz CT molecular complexity index is 674. The lowest BCUT2D eigenvalue weighted by molar-refractivity contribution is -0.124. The lowest BCUT2D eigenvalue weighted by Gasteiger charge is -2.33. The number of hydrogen-bond donors (Lipinski definition) is 1. The molecule has 7 heteroatoms. The van der Waals surface area contributed by atoms with E-state index >= 15 is 0 Å². The van der Waals surface area contributed by atoms with Crippen molar-refractivity contribution in [3.63, 3.8) is 0 Å². The summed E-state index contributed by atoms with van der Waals surface area (Å²) in [6.07, 6.45) is 8.05. The SMILES string of the molecule is CN(C(=O)C1=C(NC=S)CCN(C(=O)OC(C)(C)C)C1)C1=CCCC=C1. The molecule has 1 N–H and O–H groups in total. The van der Waals surface area contributed by atoms with E-state index in [0.29, 0.717) is 18.5 Å². The number of hydrogen-bond acceptors (Lipinski definition) is 4. The number of amides is 2. The van der Waals surface area contributed by atoms with Gasteiger partial charge in [-0.1, -0.05) is 24.4 Å². The minimum Gasteiger partial charge on any atom is -0.444 e. The van der Waals surface area contributed by atoms with Gasteiger partial charge in [-0.25, -0.2) is 4.79 Å². The van der Waals surface area contributed by atoms with Crippen molar-refractivity contribution >= 4 is 29.7 Å². The average Bonchev–Trinajstić information content (AvgIpc) is 2.60. The van der Waals surface area contributed by atoms with Crippen molar-refractivity contribution in [3.8, 4) is 0 Å². The third-order valence-electron chi connectivity index (χ3n) is 4.16. The predicted octanol–water partition coefficient (Wildman–Crippen LogP) is 3.12. The van der Waals surface area contributed by atoms with E-state index in [1.54, 1.807) is 16.8 Å². The van der Waals surface area contributed by atoms with Crippen molar-refractivity contribution < 1.29 is 14.3 Å². The average molecular weight is 378 g/mol. The van der Waals surface area contributed by atoms with Crippen LogP contribution in [0.15, 0.2) is 35.2 Å². The highest BCUT2D eigenvalue weighted by molar-refractivity contribution is 7.78. The van der Waals surface area contributed by atoms with E-state index in [9.17, 15) is 9.59 Å². The molecule has 0 aromatic heterocycles. The summed E-state index contributed by atoms with van der Waals surface area (Å²) in [5, 5.41) is 2.99. The zero-order chi connectivity index (χ0) is 19.3. The van der Waals surface area contributed by atoms with Gasteiger partial charge in [-0.15, -0.1) is 0 Å². The molecule has 142 valence electrons. The lowest BCUT2D eigenvalue weighted by Crippen LogP contribution is -2.45. The zero-order valence-corrected chi connectivity index (χ0v) is 16.7.